The van der Waals surface area contributed by atoms with E-state index in [1.807, 2.05) is 54.6 Å². The van der Waals surface area contributed by atoms with Crippen molar-refractivity contribution in [3.63, 3.8) is 0 Å². The second-order valence-electron chi connectivity index (χ2n) is 7.54. The number of anilines is 3. The second kappa shape index (κ2) is 9.72. The smallest absolute Gasteiger partial charge is 0.275 e. The van der Waals surface area contributed by atoms with E-state index in [9.17, 15) is 9.59 Å². The van der Waals surface area contributed by atoms with E-state index in [4.69, 9.17) is 0 Å². The molecule has 2 aromatic carbocycles. The van der Waals surface area contributed by atoms with Crippen LogP contribution in [0.4, 0.5) is 16.5 Å². The fourth-order valence-corrected chi connectivity index (χ4v) is 4.10. The van der Waals surface area contributed by atoms with Gasteiger partial charge in [-0.25, -0.2) is 4.98 Å². The Kier molecular flexibility index (Phi) is 6.59. The molecule has 0 bridgehead atoms. The molecule has 160 valence electrons. The Bertz CT molecular complexity index is 1030. The number of benzene rings is 2. The summed E-state index contributed by atoms with van der Waals surface area (Å²) in [5.74, 6) is -0.459. The maximum absolute atomic E-state index is 12.5. The second-order valence-corrected chi connectivity index (χ2v) is 8.40. The molecule has 2 amide bonds. The molecule has 1 aliphatic rings. The van der Waals surface area contributed by atoms with Gasteiger partial charge in [-0.05, 0) is 36.9 Å². The van der Waals surface area contributed by atoms with Gasteiger partial charge in [0.05, 0.1) is 6.42 Å². The zero-order valence-electron chi connectivity index (χ0n) is 17.4. The predicted octanol–water partition coefficient (Wildman–Crippen LogP) is 3.33. The first-order valence-corrected chi connectivity index (χ1v) is 11.1. The number of rotatable bonds is 6. The first-order chi connectivity index (χ1) is 15.1. The summed E-state index contributed by atoms with van der Waals surface area (Å²) in [5.41, 5.74) is 3.08. The maximum atomic E-state index is 12.5. The zero-order valence-corrected chi connectivity index (χ0v) is 18.2. The van der Waals surface area contributed by atoms with Crippen molar-refractivity contribution in [2.75, 3.05) is 48.8 Å². The number of hydrogen-bond donors (Lipinski definition) is 2. The normalized spacial score (nSPS) is 14.3. The number of carbonyl (C=O) groups excluding carboxylic acids is 2. The minimum absolute atomic E-state index is 0.160. The summed E-state index contributed by atoms with van der Waals surface area (Å²) in [5, 5.41) is 7.68. The molecule has 1 saturated heterocycles. The van der Waals surface area contributed by atoms with Crippen LogP contribution in [0.5, 0.6) is 0 Å². The molecule has 0 unspecified atom stereocenters. The summed E-state index contributed by atoms with van der Waals surface area (Å²) in [6, 6.07) is 17.4. The molecule has 0 saturated carbocycles. The number of piperazine rings is 1. The van der Waals surface area contributed by atoms with Crippen LogP contribution in [0.1, 0.15) is 16.1 Å². The quantitative estimate of drug-likeness (QED) is 0.621. The van der Waals surface area contributed by atoms with Gasteiger partial charge in [-0.1, -0.05) is 30.3 Å². The Morgan fingerprint density at radius 1 is 0.968 bits per heavy atom. The summed E-state index contributed by atoms with van der Waals surface area (Å²) < 4.78 is 0. The van der Waals surface area contributed by atoms with E-state index < -0.39 is 0 Å². The molecule has 1 aromatic heterocycles. The van der Waals surface area contributed by atoms with Gasteiger partial charge in [0, 0.05) is 42.9 Å². The first kappa shape index (κ1) is 21.0. The van der Waals surface area contributed by atoms with E-state index >= 15 is 0 Å². The molecule has 2 N–H and O–H groups in total. The Balaban J connectivity index is 1.31. The summed E-state index contributed by atoms with van der Waals surface area (Å²) in [7, 11) is 2.13. The van der Waals surface area contributed by atoms with E-state index in [0.717, 1.165) is 37.4 Å². The lowest BCUT2D eigenvalue weighted by Gasteiger charge is -2.34. The number of likely N-dealkylation sites (N-methyl/N-ethyl adjacent to an activating group) is 1. The van der Waals surface area contributed by atoms with Crippen LogP contribution in [-0.4, -0.2) is 54.9 Å². The van der Waals surface area contributed by atoms with Gasteiger partial charge in [0.1, 0.15) is 5.69 Å². The first-order valence-electron chi connectivity index (χ1n) is 10.2. The third-order valence-electron chi connectivity index (χ3n) is 5.18. The number of aromatic nitrogens is 1. The average molecular weight is 436 g/mol. The Morgan fingerprint density at radius 2 is 1.68 bits per heavy atom. The van der Waals surface area contributed by atoms with Crippen LogP contribution in [-0.2, 0) is 11.2 Å². The van der Waals surface area contributed by atoms with Gasteiger partial charge in [-0.2, -0.15) is 0 Å². The summed E-state index contributed by atoms with van der Waals surface area (Å²) in [6.45, 7) is 4.10. The molecule has 2 heterocycles. The highest BCUT2D eigenvalue weighted by atomic mass is 32.1. The number of hydrogen-bond acceptors (Lipinski definition) is 6. The number of carbonyl (C=O) groups is 2. The third-order valence-corrected chi connectivity index (χ3v) is 5.94. The molecule has 4 rings (SSSR count). The number of amides is 2. The van der Waals surface area contributed by atoms with E-state index in [1.54, 1.807) is 5.38 Å². The van der Waals surface area contributed by atoms with Crippen molar-refractivity contribution in [1.29, 1.82) is 0 Å². The standard InChI is InChI=1S/C23H25N5O2S/c1-27-11-13-28(14-12-27)19-9-7-18(8-10-19)24-22(30)20-16-31-23(25-20)26-21(29)15-17-5-3-2-4-6-17/h2-10,16H,11-15H2,1H3,(H,24,30)(H,25,26,29). The highest BCUT2D eigenvalue weighted by Crippen LogP contribution is 2.21. The van der Waals surface area contributed by atoms with Gasteiger partial charge < -0.3 is 20.4 Å². The average Bonchev–Trinajstić information content (AvgIpc) is 3.24. The molecular weight excluding hydrogens is 410 g/mol. The summed E-state index contributed by atoms with van der Waals surface area (Å²) in [6.07, 6.45) is 0.265. The van der Waals surface area contributed by atoms with Crippen molar-refractivity contribution >= 4 is 39.7 Å². The van der Waals surface area contributed by atoms with Crippen LogP contribution < -0.4 is 15.5 Å². The van der Waals surface area contributed by atoms with E-state index in [2.05, 4.69) is 32.5 Å². The maximum Gasteiger partial charge on any atom is 0.275 e. The Hall–Kier alpha value is -3.23. The minimum Gasteiger partial charge on any atom is -0.369 e. The molecule has 0 spiro atoms. The topological polar surface area (TPSA) is 77.6 Å². The van der Waals surface area contributed by atoms with Gasteiger partial charge in [0.2, 0.25) is 5.91 Å². The van der Waals surface area contributed by atoms with Gasteiger partial charge in [-0.3, -0.25) is 9.59 Å². The fourth-order valence-electron chi connectivity index (χ4n) is 3.40. The Morgan fingerprint density at radius 3 is 2.39 bits per heavy atom. The molecule has 0 aliphatic carbocycles. The van der Waals surface area contributed by atoms with Crippen molar-refractivity contribution in [2.24, 2.45) is 0 Å². The van der Waals surface area contributed by atoms with Crippen molar-refractivity contribution in [2.45, 2.75) is 6.42 Å². The summed E-state index contributed by atoms with van der Waals surface area (Å²) >= 11 is 1.23. The van der Waals surface area contributed by atoms with E-state index in [-0.39, 0.29) is 23.9 Å². The van der Waals surface area contributed by atoms with Crippen molar-refractivity contribution in [3.8, 4) is 0 Å². The summed E-state index contributed by atoms with van der Waals surface area (Å²) in [4.78, 5) is 33.6. The van der Waals surface area contributed by atoms with Gasteiger partial charge in [-0.15, -0.1) is 11.3 Å². The number of nitrogens with zero attached hydrogens (tertiary/aromatic N) is 3. The van der Waals surface area contributed by atoms with Crippen LogP contribution >= 0.6 is 11.3 Å². The number of thiazole rings is 1. The lowest BCUT2D eigenvalue weighted by molar-refractivity contribution is -0.115. The van der Waals surface area contributed by atoms with Gasteiger partial charge in [0.25, 0.3) is 5.91 Å². The van der Waals surface area contributed by atoms with Crippen LogP contribution in [0.15, 0.2) is 60.0 Å². The monoisotopic (exact) mass is 435 g/mol. The van der Waals surface area contributed by atoms with Crippen LogP contribution in [0.25, 0.3) is 0 Å². The van der Waals surface area contributed by atoms with Gasteiger partial charge >= 0.3 is 0 Å². The SMILES string of the molecule is CN1CCN(c2ccc(NC(=O)c3csc(NC(=O)Cc4ccccc4)n3)cc2)CC1. The third kappa shape index (κ3) is 5.68. The van der Waals surface area contributed by atoms with Crippen molar-refractivity contribution in [3.05, 3.63) is 71.2 Å². The molecule has 1 aliphatic heterocycles. The lowest BCUT2D eigenvalue weighted by Crippen LogP contribution is -2.44. The predicted molar refractivity (Wildman–Crippen MR) is 125 cm³/mol. The Labute approximate surface area is 185 Å². The molecule has 0 atom stereocenters. The molecule has 3 aromatic rings. The molecule has 0 radical (unpaired) electrons. The zero-order chi connectivity index (χ0) is 21.6. The molecule has 31 heavy (non-hydrogen) atoms. The number of nitrogens with one attached hydrogen (secondary N) is 2. The van der Waals surface area contributed by atoms with Crippen molar-refractivity contribution in [1.82, 2.24) is 9.88 Å². The molecule has 8 heteroatoms. The van der Waals surface area contributed by atoms with Crippen LogP contribution in [0.3, 0.4) is 0 Å². The molecule has 7 nitrogen and oxygen atoms in total. The highest BCUT2D eigenvalue weighted by molar-refractivity contribution is 7.14. The fraction of sp³-hybridized carbons (Fsp3) is 0.261. The lowest BCUT2D eigenvalue weighted by atomic mass is 10.1. The minimum atomic E-state index is -0.299. The van der Waals surface area contributed by atoms with Gasteiger partial charge in [0.15, 0.2) is 5.13 Å². The van der Waals surface area contributed by atoms with Crippen molar-refractivity contribution < 1.29 is 9.59 Å². The largest absolute Gasteiger partial charge is 0.369 e. The highest BCUT2D eigenvalue weighted by Gasteiger charge is 2.15. The van der Waals surface area contributed by atoms with E-state index in [0.29, 0.717) is 10.8 Å². The van der Waals surface area contributed by atoms with Crippen LogP contribution in [0, 0.1) is 0 Å². The molecular formula is C23H25N5O2S. The molecule has 1 fully saturated rings. The van der Waals surface area contributed by atoms with E-state index in [1.165, 1.54) is 11.3 Å². The van der Waals surface area contributed by atoms with Crippen LogP contribution in [0.2, 0.25) is 0 Å².